The van der Waals surface area contributed by atoms with Gasteiger partial charge >= 0.3 is 5.97 Å². The van der Waals surface area contributed by atoms with Gasteiger partial charge in [-0.15, -0.1) is 0 Å². The Kier molecular flexibility index (Phi) is 8.23. The first-order valence-corrected chi connectivity index (χ1v) is 12.1. The summed E-state index contributed by atoms with van der Waals surface area (Å²) < 4.78 is 5.31. The fourth-order valence-corrected chi connectivity index (χ4v) is 4.37. The first-order valence-electron chi connectivity index (χ1n) is 12.1. The van der Waals surface area contributed by atoms with Gasteiger partial charge in [-0.1, -0.05) is 31.7 Å². The van der Waals surface area contributed by atoms with Crippen LogP contribution in [-0.2, 0) is 25.5 Å². The summed E-state index contributed by atoms with van der Waals surface area (Å²) in [4.78, 5) is 61.9. The van der Waals surface area contributed by atoms with E-state index in [0.29, 0.717) is 17.5 Å². The maximum absolute atomic E-state index is 12.9. The van der Waals surface area contributed by atoms with Crippen LogP contribution in [0, 0.1) is 0 Å². The highest BCUT2D eigenvalue weighted by atomic mass is 16.6. The molecule has 2 aliphatic rings. The number of hydrogen-bond acceptors (Lipinski definition) is 6. The number of aryl methyl sites for hydroxylation is 1. The van der Waals surface area contributed by atoms with E-state index in [1.807, 2.05) is 26.8 Å². The molecule has 1 fully saturated rings. The Bertz CT molecular complexity index is 978. The third kappa shape index (κ3) is 6.52. The van der Waals surface area contributed by atoms with Gasteiger partial charge < -0.3 is 4.74 Å². The molecule has 2 aliphatic heterocycles. The molecule has 34 heavy (non-hydrogen) atoms. The first-order chi connectivity index (χ1) is 16.1. The van der Waals surface area contributed by atoms with Crippen LogP contribution >= 0.6 is 0 Å². The summed E-state index contributed by atoms with van der Waals surface area (Å²) in [6.07, 6.45) is 7.46. The van der Waals surface area contributed by atoms with Crippen LogP contribution in [0.25, 0.3) is 0 Å². The highest BCUT2D eigenvalue weighted by Crippen LogP contribution is 2.28. The number of carbonyl (C=O) groups excluding carboxylic acids is 5. The molecule has 2 heterocycles. The zero-order valence-electron chi connectivity index (χ0n) is 20.3. The van der Waals surface area contributed by atoms with Gasteiger partial charge in [0.05, 0.1) is 11.1 Å². The standard InChI is InChI=1S/C26H34N2O6/c1-26(2,3)34-22(30)11-9-7-5-4-6-8-10-17-12-13-18-19(16-17)25(33)28(24(18)32)20-14-15-21(29)27-23(20)31/h12-13,16,20H,4-11,14-15H2,1-3H3,(H,27,29,31). The fraction of sp³-hybridized carbons (Fsp3) is 0.577. The number of amides is 4. The molecule has 0 bridgehead atoms. The lowest BCUT2D eigenvalue weighted by Crippen LogP contribution is -2.54. The number of unbranched alkanes of at least 4 members (excludes halogenated alkanes) is 5. The van der Waals surface area contributed by atoms with E-state index in [9.17, 15) is 24.0 Å². The summed E-state index contributed by atoms with van der Waals surface area (Å²) in [6, 6.07) is 4.33. The average Bonchev–Trinajstić information content (AvgIpc) is 2.99. The van der Waals surface area contributed by atoms with Crippen LogP contribution in [-0.4, -0.2) is 46.1 Å². The van der Waals surface area contributed by atoms with Crippen LogP contribution in [0.5, 0.6) is 0 Å². The predicted molar refractivity (Wildman–Crippen MR) is 125 cm³/mol. The van der Waals surface area contributed by atoms with Gasteiger partial charge in [0.1, 0.15) is 11.6 Å². The summed E-state index contributed by atoms with van der Waals surface area (Å²) in [5.41, 5.74) is 1.18. The van der Waals surface area contributed by atoms with Crippen molar-refractivity contribution in [3.8, 4) is 0 Å². The lowest BCUT2D eigenvalue weighted by atomic mass is 10.0. The van der Waals surface area contributed by atoms with Crippen LogP contribution in [0.2, 0.25) is 0 Å². The maximum atomic E-state index is 12.9. The number of ether oxygens (including phenoxy) is 1. The Morgan fingerprint density at radius 1 is 0.971 bits per heavy atom. The molecule has 8 nitrogen and oxygen atoms in total. The summed E-state index contributed by atoms with van der Waals surface area (Å²) in [6.45, 7) is 5.61. The Morgan fingerprint density at radius 3 is 2.29 bits per heavy atom. The van der Waals surface area contributed by atoms with Crippen LogP contribution in [0.4, 0.5) is 0 Å². The van der Waals surface area contributed by atoms with Crippen LogP contribution in [0.3, 0.4) is 0 Å². The summed E-state index contributed by atoms with van der Waals surface area (Å²) in [5.74, 6) is -2.08. The molecule has 1 unspecified atom stereocenters. The van der Waals surface area contributed by atoms with Gasteiger partial charge in [-0.05, 0) is 64.2 Å². The van der Waals surface area contributed by atoms with Crippen LogP contribution < -0.4 is 5.32 Å². The van der Waals surface area contributed by atoms with Crippen molar-refractivity contribution in [3.05, 3.63) is 34.9 Å². The topological polar surface area (TPSA) is 110 Å². The number of imide groups is 2. The Hall–Kier alpha value is -3.03. The van der Waals surface area contributed by atoms with Crippen molar-refractivity contribution in [1.82, 2.24) is 10.2 Å². The van der Waals surface area contributed by atoms with E-state index in [1.54, 1.807) is 12.1 Å². The van der Waals surface area contributed by atoms with Crippen molar-refractivity contribution in [2.45, 2.75) is 96.6 Å². The molecule has 0 saturated carbocycles. The number of nitrogens with one attached hydrogen (secondary N) is 1. The number of esters is 1. The minimum atomic E-state index is -0.941. The summed E-state index contributed by atoms with van der Waals surface area (Å²) >= 11 is 0. The third-order valence-electron chi connectivity index (χ3n) is 6.02. The highest BCUT2D eigenvalue weighted by molar-refractivity contribution is 6.23. The quantitative estimate of drug-likeness (QED) is 0.317. The smallest absolute Gasteiger partial charge is 0.306 e. The molecule has 1 saturated heterocycles. The largest absolute Gasteiger partial charge is 0.460 e. The van der Waals surface area contributed by atoms with Gasteiger partial charge in [-0.3, -0.25) is 34.2 Å². The van der Waals surface area contributed by atoms with E-state index < -0.39 is 29.4 Å². The number of fused-ring (bicyclic) bond motifs is 1. The van der Waals surface area contributed by atoms with E-state index in [-0.39, 0.29) is 24.7 Å². The zero-order chi connectivity index (χ0) is 24.9. The molecule has 1 atom stereocenters. The normalized spacial score (nSPS) is 18.2. The molecular formula is C26H34N2O6. The summed E-state index contributed by atoms with van der Waals surface area (Å²) in [7, 11) is 0. The molecule has 0 aliphatic carbocycles. The molecule has 1 N–H and O–H groups in total. The molecular weight excluding hydrogens is 436 g/mol. The second-order valence-electron chi connectivity index (χ2n) is 10.0. The van der Waals surface area contributed by atoms with Crippen molar-refractivity contribution in [2.75, 3.05) is 0 Å². The molecule has 4 amide bonds. The van der Waals surface area contributed by atoms with Gasteiger partial charge in [0.25, 0.3) is 11.8 Å². The van der Waals surface area contributed by atoms with Crippen LogP contribution in [0.15, 0.2) is 18.2 Å². The van der Waals surface area contributed by atoms with E-state index >= 15 is 0 Å². The van der Waals surface area contributed by atoms with Gasteiger partial charge in [0.15, 0.2) is 0 Å². The minimum Gasteiger partial charge on any atom is -0.460 e. The second kappa shape index (κ2) is 10.9. The minimum absolute atomic E-state index is 0.107. The average molecular weight is 471 g/mol. The van der Waals surface area contributed by atoms with E-state index in [2.05, 4.69) is 5.32 Å². The second-order valence-corrected chi connectivity index (χ2v) is 10.0. The molecule has 0 radical (unpaired) electrons. The van der Waals surface area contributed by atoms with E-state index in [1.165, 1.54) is 0 Å². The Balaban J connectivity index is 1.41. The Morgan fingerprint density at radius 2 is 1.62 bits per heavy atom. The first kappa shape index (κ1) is 25.6. The van der Waals surface area contributed by atoms with Gasteiger partial charge in [0.2, 0.25) is 11.8 Å². The fourth-order valence-electron chi connectivity index (χ4n) is 4.37. The SMILES string of the molecule is CC(C)(C)OC(=O)CCCCCCCCc1ccc2c(c1)C(=O)N(C1CCC(=O)NC1=O)C2=O. The third-order valence-corrected chi connectivity index (χ3v) is 6.02. The molecule has 0 aromatic heterocycles. The van der Waals surface area contributed by atoms with Gasteiger partial charge in [-0.2, -0.15) is 0 Å². The maximum Gasteiger partial charge on any atom is 0.306 e. The number of nitrogens with zero attached hydrogens (tertiary/aromatic N) is 1. The molecule has 1 aromatic rings. The lowest BCUT2D eigenvalue weighted by molar-refractivity contribution is -0.155. The van der Waals surface area contributed by atoms with Crippen molar-refractivity contribution < 1.29 is 28.7 Å². The Labute approximate surface area is 200 Å². The zero-order valence-corrected chi connectivity index (χ0v) is 20.3. The molecule has 3 rings (SSSR count). The molecule has 8 heteroatoms. The lowest BCUT2D eigenvalue weighted by Gasteiger charge is -2.27. The number of piperidine rings is 1. The molecule has 1 aromatic carbocycles. The number of hydrogen-bond donors (Lipinski definition) is 1. The van der Waals surface area contributed by atoms with Crippen LogP contribution in [0.1, 0.15) is 105 Å². The highest BCUT2D eigenvalue weighted by Gasteiger charge is 2.44. The number of rotatable bonds is 10. The number of benzene rings is 1. The monoisotopic (exact) mass is 470 g/mol. The predicted octanol–water partition coefficient (Wildman–Crippen LogP) is 3.70. The molecule has 184 valence electrons. The van der Waals surface area contributed by atoms with E-state index in [4.69, 9.17) is 4.74 Å². The van der Waals surface area contributed by atoms with Crippen molar-refractivity contribution in [1.29, 1.82) is 0 Å². The van der Waals surface area contributed by atoms with Gasteiger partial charge in [0, 0.05) is 12.8 Å². The van der Waals surface area contributed by atoms with E-state index in [0.717, 1.165) is 55.4 Å². The van der Waals surface area contributed by atoms with Crippen molar-refractivity contribution in [2.24, 2.45) is 0 Å². The van der Waals surface area contributed by atoms with Crippen molar-refractivity contribution >= 4 is 29.6 Å². The summed E-state index contributed by atoms with van der Waals surface area (Å²) in [5, 5.41) is 2.21. The van der Waals surface area contributed by atoms with Crippen molar-refractivity contribution in [3.63, 3.8) is 0 Å². The molecule has 0 spiro atoms. The van der Waals surface area contributed by atoms with Gasteiger partial charge in [-0.25, -0.2) is 0 Å². The number of carbonyl (C=O) groups is 5.